The van der Waals surface area contributed by atoms with Crippen LogP contribution in [0, 0.1) is 5.41 Å². The van der Waals surface area contributed by atoms with Crippen LogP contribution in [0.25, 0.3) is 0 Å². The fraction of sp³-hybridized carbons (Fsp3) is 0.650. The largest absolute Gasteiger partial charge is 0.496 e. The number of aryl methyl sites for hydroxylation is 2. The zero-order valence-corrected chi connectivity index (χ0v) is 14.9. The van der Waals surface area contributed by atoms with E-state index >= 15 is 0 Å². The number of piperidine rings is 1. The van der Waals surface area contributed by atoms with Gasteiger partial charge in [0.25, 0.3) is 0 Å². The van der Waals surface area contributed by atoms with Gasteiger partial charge in [-0.3, -0.25) is 9.69 Å². The van der Waals surface area contributed by atoms with Gasteiger partial charge in [-0.05, 0) is 62.3 Å². The number of nitrogens with zero attached hydrogens (tertiary/aromatic N) is 2. The van der Waals surface area contributed by atoms with Gasteiger partial charge in [0.15, 0.2) is 0 Å². The highest BCUT2D eigenvalue weighted by atomic mass is 16.5. The highest BCUT2D eigenvalue weighted by Crippen LogP contribution is 2.41. The third-order valence-electron chi connectivity index (χ3n) is 6.27. The minimum atomic E-state index is -0.128. The van der Waals surface area contributed by atoms with Crippen LogP contribution in [0.5, 0.6) is 5.75 Å². The third kappa shape index (κ3) is 2.61. The summed E-state index contributed by atoms with van der Waals surface area (Å²) in [6.07, 6.45) is 6.82. The third-order valence-corrected chi connectivity index (χ3v) is 6.27. The first-order valence-corrected chi connectivity index (χ1v) is 9.28. The monoisotopic (exact) mass is 328 g/mol. The molecular formula is C20H28N2O2. The topological polar surface area (TPSA) is 32.8 Å². The average Bonchev–Trinajstić information content (AvgIpc) is 3.19. The second kappa shape index (κ2) is 6.07. The second-order valence-electron chi connectivity index (χ2n) is 7.86. The van der Waals surface area contributed by atoms with E-state index in [0.29, 0.717) is 5.91 Å². The van der Waals surface area contributed by atoms with Crippen LogP contribution >= 0.6 is 0 Å². The van der Waals surface area contributed by atoms with Gasteiger partial charge in [0, 0.05) is 32.2 Å². The molecule has 4 nitrogen and oxygen atoms in total. The van der Waals surface area contributed by atoms with E-state index in [1.54, 1.807) is 7.11 Å². The molecule has 1 aromatic carbocycles. The van der Waals surface area contributed by atoms with E-state index in [0.717, 1.165) is 51.2 Å². The number of fused-ring (bicyclic) bond motifs is 1. The van der Waals surface area contributed by atoms with Gasteiger partial charge in [0.1, 0.15) is 5.75 Å². The van der Waals surface area contributed by atoms with Crippen LogP contribution in [-0.2, 0) is 24.2 Å². The van der Waals surface area contributed by atoms with Gasteiger partial charge >= 0.3 is 0 Å². The molecule has 1 spiro atoms. The second-order valence-corrected chi connectivity index (χ2v) is 7.86. The molecule has 0 aromatic heterocycles. The minimum Gasteiger partial charge on any atom is -0.496 e. The number of hydrogen-bond acceptors (Lipinski definition) is 3. The van der Waals surface area contributed by atoms with E-state index in [4.69, 9.17) is 4.74 Å². The van der Waals surface area contributed by atoms with Crippen LogP contribution in [0.4, 0.5) is 0 Å². The molecule has 1 aromatic rings. The molecule has 0 N–H and O–H groups in total. The Bertz CT molecular complexity index is 657. The normalized spacial score (nSPS) is 27.1. The van der Waals surface area contributed by atoms with Crippen LogP contribution in [-0.4, -0.2) is 49.5 Å². The van der Waals surface area contributed by atoms with Crippen molar-refractivity contribution < 1.29 is 9.53 Å². The summed E-state index contributed by atoms with van der Waals surface area (Å²) < 4.78 is 5.65. The van der Waals surface area contributed by atoms with Gasteiger partial charge in [0.05, 0.1) is 12.5 Å². The van der Waals surface area contributed by atoms with Gasteiger partial charge in [-0.25, -0.2) is 0 Å². The van der Waals surface area contributed by atoms with Crippen molar-refractivity contribution in [3.63, 3.8) is 0 Å². The van der Waals surface area contributed by atoms with Crippen molar-refractivity contribution in [2.75, 3.05) is 33.8 Å². The Morgan fingerprint density at radius 2 is 1.92 bits per heavy atom. The maximum absolute atomic E-state index is 12.7. The fourth-order valence-electron chi connectivity index (χ4n) is 4.95. The number of rotatable bonds is 3. The molecule has 4 heteroatoms. The molecule has 0 bridgehead atoms. The molecule has 0 unspecified atom stereocenters. The molecule has 2 aliphatic heterocycles. The Labute approximate surface area is 144 Å². The van der Waals surface area contributed by atoms with Crippen molar-refractivity contribution >= 4 is 5.91 Å². The first kappa shape index (κ1) is 15.9. The predicted molar refractivity (Wildman–Crippen MR) is 94.2 cm³/mol. The predicted octanol–water partition coefficient (Wildman–Crippen LogP) is 2.63. The Balaban J connectivity index is 1.52. The van der Waals surface area contributed by atoms with Gasteiger partial charge in [-0.1, -0.05) is 6.07 Å². The van der Waals surface area contributed by atoms with Crippen LogP contribution < -0.4 is 4.74 Å². The number of benzene rings is 1. The molecule has 130 valence electrons. The van der Waals surface area contributed by atoms with E-state index in [2.05, 4.69) is 17.0 Å². The first-order chi connectivity index (χ1) is 11.6. The molecule has 2 heterocycles. The molecule has 1 atom stereocenters. The van der Waals surface area contributed by atoms with Gasteiger partial charge in [-0.15, -0.1) is 0 Å². The van der Waals surface area contributed by atoms with Crippen molar-refractivity contribution in [1.82, 2.24) is 9.80 Å². The molecule has 2 saturated heterocycles. The lowest BCUT2D eigenvalue weighted by Crippen LogP contribution is -2.48. The molecule has 24 heavy (non-hydrogen) atoms. The highest BCUT2D eigenvalue weighted by Gasteiger charge is 2.47. The molecule has 0 radical (unpaired) electrons. The Morgan fingerprint density at radius 1 is 1.12 bits per heavy atom. The standard InChI is InChI=1S/C20H28N2O2/c1-21-9-4-7-20(19(21)23)8-10-22(14-20)13-17-11-15-5-3-6-16(15)12-18(17)24-2/h11-12H,3-10,13-14H2,1-2H3/t20-/m1/s1. The molecule has 2 fully saturated rings. The summed E-state index contributed by atoms with van der Waals surface area (Å²) in [4.78, 5) is 17.1. The maximum Gasteiger partial charge on any atom is 0.229 e. The Hall–Kier alpha value is -1.55. The summed E-state index contributed by atoms with van der Waals surface area (Å²) in [5.74, 6) is 1.38. The fourth-order valence-corrected chi connectivity index (χ4v) is 4.95. The van der Waals surface area contributed by atoms with E-state index in [9.17, 15) is 4.79 Å². The number of carbonyl (C=O) groups is 1. The Kier molecular flexibility index (Phi) is 4.03. The summed E-state index contributed by atoms with van der Waals surface area (Å²) in [6, 6.07) is 4.59. The van der Waals surface area contributed by atoms with Crippen molar-refractivity contribution in [2.24, 2.45) is 5.41 Å². The number of ether oxygens (including phenoxy) is 1. The zero-order chi connectivity index (χ0) is 16.7. The quantitative estimate of drug-likeness (QED) is 0.855. The van der Waals surface area contributed by atoms with E-state index in [1.807, 2.05) is 11.9 Å². The van der Waals surface area contributed by atoms with E-state index in [-0.39, 0.29) is 5.41 Å². The summed E-state index contributed by atoms with van der Waals surface area (Å²) in [7, 11) is 3.72. The average molecular weight is 328 g/mol. The molecule has 1 amide bonds. The van der Waals surface area contributed by atoms with E-state index < -0.39 is 0 Å². The number of carbonyl (C=O) groups excluding carboxylic acids is 1. The number of hydrogen-bond donors (Lipinski definition) is 0. The SMILES string of the molecule is COc1cc2c(cc1CN1CC[C@]3(CCCN(C)C3=O)C1)CCC2. The molecular weight excluding hydrogens is 300 g/mol. The lowest BCUT2D eigenvalue weighted by atomic mass is 9.78. The maximum atomic E-state index is 12.7. The number of amides is 1. The van der Waals surface area contributed by atoms with Gasteiger partial charge in [0.2, 0.25) is 5.91 Å². The molecule has 0 saturated carbocycles. The van der Waals surface area contributed by atoms with Crippen molar-refractivity contribution in [3.8, 4) is 5.75 Å². The van der Waals surface area contributed by atoms with Crippen molar-refractivity contribution in [3.05, 3.63) is 28.8 Å². The zero-order valence-electron chi connectivity index (χ0n) is 14.9. The summed E-state index contributed by atoms with van der Waals surface area (Å²) in [5, 5.41) is 0. The molecule has 4 rings (SSSR count). The number of likely N-dealkylation sites (tertiary alicyclic amines) is 2. The Morgan fingerprint density at radius 3 is 2.71 bits per heavy atom. The smallest absolute Gasteiger partial charge is 0.229 e. The van der Waals surface area contributed by atoms with Crippen LogP contribution in [0.15, 0.2) is 12.1 Å². The van der Waals surface area contributed by atoms with Crippen molar-refractivity contribution in [1.29, 1.82) is 0 Å². The first-order valence-electron chi connectivity index (χ1n) is 9.28. The summed E-state index contributed by atoms with van der Waals surface area (Å²) in [5.41, 5.74) is 4.11. The van der Waals surface area contributed by atoms with Crippen LogP contribution in [0.1, 0.15) is 42.4 Å². The number of methoxy groups -OCH3 is 1. The van der Waals surface area contributed by atoms with Crippen LogP contribution in [0.3, 0.4) is 0 Å². The van der Waals surface area contributed by atoms with Crippen molar-refractivity contribution in [2.45, 2.75) is 45.1 Å². The molecule has 3 aliphatic rings. The lowest BCUT2D eigenvalue weighted by molar-refractivity contribution is -0.143. The molecule has 1 aliphatic carbocycles. The van der Waals surface area contributed by atoms with E-state index in [1.165, 1.54) is 36.0 Å². The summed E-state index contributed by atoms with van der Waals surface area (Å²) in [6.45, 7) is 3.73. The van der Waals surface area contributed by atoms with Crippen LogP contribution in [0.2, 0.25) is 0 Å². The van der Waals surface area contributed by atoms with Gasteiger partial charge in [-0.2, -0.15) is 0 Å². The summed E-state index contributed by atoms with van der Waals surface area (Å²) >= 11 is 0. The minimum absolute atomic E-state index is 0.128. The highest BCUT2D eigenvalue weighted by molar-refractivity contribution is 5.83. The van der Waals surface area contributed by atoms with Gasteiger partial charge < -0.3 is 9.64 Å². The lowest BCUT2D eigenvalue weighted by Gasteiger charge is -2.37.